The maximum Gasteiger partial charge on any atom is 0.217 e. The first kappa shape index (κ1) is 27.8. The van der Waals surface area contributed by atoms with Crippen molar-refractivity contribution in [2.24, 2.45) is 5.73 Å². The van der Waals surface area contributed by atoms with E-state index in [2.05, 4.69) is 81.7 Å². The Bertz CT molecular complexity index is 1860. The predicted octanol–water partition coefficient (Wildman–Crippen LogP) is 8.31. The molecule has 0 saturated heterocycles. The molecule has 2 aliphatic heterocycles. The number of carbonyl (C=O) groups excluding carboxylic acids is 1. The van der Waals surface area contributed by atoms with Gasteiger partial charge in [0.25, 0.3) is 0 Å². The summed E-state index contributed by atoms with van der Waals surface area (Å²) in [5.41, 5.74) is 21.5. The van der Waals surface area contributed by atoms with Gasteiger partial charge in [0, 0.05) is 39.6 Å². The number of fused-ring (bicyclic) bond motifs is 8. The van der Waals surface area contributed by atoms with Crippen LogP contribution in [-0.2, 0) is 4.79 Å². The van der Waals surface area contributed by atoms with E-state index in [9.17, 15) is 4.79 Å². The van der Waals surface area contributed by atoms with Gasteiger partial charge in [-0.1, -0.05) is 31.4 Å². The minimum absolute atomic E-state index is 0.251. The number of aromatic nitrogens is 4. The molecular weight excluding hydrogens is 506 g/mol. The molecule has 4 N–H and O–H groups in total. The highest BCUT2D eigenvalue weighted by atomic mass is 16.1. The summed E-state index contributed by atoms with van der Waals surface area (Å²) in [6.07, 6.45) is 8.14. The minimum Gasteiger partial charge on any atom is -0.370 e. The molecule has 0 aliphatic carbocycles. The Hall–Kier alpha value is -4.71. The van der Waals surface area contributed by atoms with Gasteiger partial charge in [-0.3, -0.25) is 4.79 Å². The second kappa shape index (κ2) is 11.0. The average Bonchev–Trinajstić information content (AvgIpc) is 3.59. The van der Waals surface area contributed by atoms with Crippen LogP contribution < -0.4 is 5.73 Å². The van der Waals surface area contributed by atoms with E-state index in [-0.39, 0.29) is 12.3 Å². The van der Waals surface area contributed by atoms with Crippen molar-refractivity contribution >= 4 is 62.4 Å². The molecule has 0 radical (unpaired) electrons. The third-order valence-corrected chi connectivity index (χ3v) is 8.26. The molecule has 8 bridgehead atoms. The fourth-order valence-corrected chi connectivity index (χ4v) is 5.80. The third-order valence-electron chi connectivity index (χ3n) is 8.26. The van der Waals surface area contributed by atoms with Gasteiger partial charge in [0.05, 0.1) is 22.8 Å². The number of carbonyl (C=O) groups is 1. The first-order valence-corrected chi connectivity index (χ1v) is 14.0. The van der Waals surface area contributed by atoms with Gasteiger partial charge in [-0.15, -0.1) is 6.58 Å². The van der Waals surface area contributed by atoms with E-state index in [1.165, 1.54) is 5.57 Å². The minimum atomic E-state index is -0.333. The molecule has 3 aromatic heterocycles. The summed E-state index contributed by atoms with van der Waals surface area (Å²) >= 11 is 0. The first-order chi connectivity index (χ1) is 19.7. The van der Waals surface area contributed by atoms with E-state index in [1.807, 2.05) is 18.2 Å². The largest absolute Gasteiger partial charge is 0.370 e. The molecule has 0 spiro atoms. The van der Waals surface area contributed by atoms with Gasteiger partial charge < -0.3 is 15.7 Å². The van der Waals surface area contributed by atoms with Crippen LogP contribution in [0.3, 0.4) is 0 Å². The van der Waals surface area contributed by atoms with Gasteiger partial charge in [0.2, 0.25) is 5.91 Å². The predicted molar refractivity (Wildman–Crippen MR) is 173 cm³/mol. The quantitative estimate of drug-likeness (QED) is 0.249. The molecule has 0 atom stereocenters. The van der Waals surface area contributed by atoms with Gasteiger partial charge in [-0.05, 0) is 105 Å². The van der Waals surface area contributed by atoms with Crippen LogP contribution in [0.2, 0.25) is 0 Å². The van der Waals surface area contributed by atoms with Crippen LogP contribution in [0, 0.1) is 13.8 Å². The highest BCUT2D eigenvalue weighted by Gasteiger charge is 2.22. The Labute approximate surface area is 241 Å². The molecule has 208 valence electrons. The number of hydrogen-bond donors (Lipinski definition) is 3. The van der Waals surface area contributed by atoms with Crippen molar-refractivity contribution in [1.82, 2.24) is 19.9 Å². The van der Waals surface area contributed by atoms with Crippen molar-refractivity contribution in [2.45, 2.75) is 53.4 Å². The lowest BCUT2D eigenvalue weighted by atomic mass is 9.98. The van der Waals surface area contributed by atoms with Crippen LogP contribution in [0.5, 0.6) is 0 Å². The molecule has 0 aromatic carbocycles. The number of aromatic amines is 2. The number of primary amides is 1. The first-order valence-electron chi connectivity index (χ1n) is 14.0. The van der Waals surface area contributed by atoms with Crippen LogP contribution in [0.4, 0.5) is 0 Å². The Kier molecular flexibility index (Phi) is 7.50. The summed E-state index contributed by atoms with van der Waals surface area (Å²) in [7, 11) is 0. The van der Waals surface area contributed by atoms with Crippen molar-refractivity contribution in [3.8, 4) is 0 Å². The fourth-order valence-electron chi connectivity index (χ4n) is 5.80. The van der Waals surface area contributed by atoms with Crippen LogP contribution in [0.15, 0.2) is 50.1 Å². The number of nitrogens with two attached hydrogens (primary N) is 1. The van der Waals surface area contributed by atoms with E-state index in [4.69, 9.17) is 15.7 Å². The van der Waals surface area contributed by atoms with E-state index in [1.54, 1.807) is 0 Å². The van der Waals surface area contributed by atoms with Crippen LogP contribution in [-0.4, -0.2) is 25.8 Å². The van der Waals surface area contributed by atoms with Crippen LogP contribution in [0.25, 0.3) is 56.5 Å². The monoisotopic (exact) mass is 543 g/mol. The molecule has 5 heterocycles. The van der Waals surface area contributed by atoms with Crippen molar-refractivity contribution < 1.29 is 4.79 Å². The third kappa shape index (κ3) is 5.02. The van der Waals surface area contributed by atoms with E-state index < -0.39 is 0 Å². The van der Waals surface area contributed by atoms with Crippen molar-refractivity contribution in [3.05, 3.63) is 95.1 Å². The van der Waals surface area contributed by atoms with Gasteiger partial charge >= 0.3 is 0 Å². The summed E-state index contributed by atoms with van der Waals surface area (Å²) < 4.78 is 0. The summed E-state index contributed by atoms with van der Waals surface area (Å²) in [5.74, 6) is -0.333. The lowest BCUT2D eigenvalue weighted by Crippen LogP contribution is -2.09. The Morgan fingerprint density at radius 2 is 1.22 bits per heavy atom. The Balaban J connectivity index is 1.94. The van der Waals surface area contributed by atoms with Gasteiger partial charge in [0.15, 0.2) is 0 Å². The molecule has 0 unspecified atom stereocenters. The molecule has 6 heteroatoms. The van der Waals surface area contributed by atoms with Crippen molar-refractivity contribution in [1.29, 1.82) is 0 Å². The number of nitrogens with one attached hydrogen (secondary N) is 2. The maximum atomic E-state index is 11.8. The number of aryl methyl sites for hydroxylation is 2. The lowest BCUT2D eigenvalue weighted by molar-refractivity contribution is -0.117. The number of hydrogen-bond acceptors (Lipinski definition) is 3. The van der Waals surface area contributed by atoms with Crippen molar-refractivity contribution in [3.63, 3.8) is 0 Å². The fraction of sp³-hybridized carbons (Fsp3) is 0.229. The molecule has 5 rings (SSSR count). The summed E-state index contributed by atoms with van der Waals surface area (Å²) in [6.45, 7) is 20.5. The Morgan fingerprint density at radius 1 is 0.732 bits per heavy atom. The Morgan fingerprint density at radius 3 is 1.73 bits per heavy atom. The average molecular weight is 544 g/mol. The molecule has 41 heavy (non-hydrogen) atoms. The van der Waals surface area contributed by atoms with E-state index in [0.29, 0.717) is 6.42 Å². The standard InChI is InChI=1S/C35H37N5O/c1-8-11-12-25-21(6)28-15-27-19(4)23(9-2)31(37-27)16-29-20(5)24(10-3)32(38-29)17-30-22(7)26(13-14-35(36)41)34(40-30)18-33(25)39-28/h8-10,15-18,37-38H,1-3,11-14H2,4-7H3,(H2,36,41). The molecule has 1 amide bonds. The van der Waals surface area contributed by atoms with Crippen LogP contribution in [0.1, 0.15) is 84.6 Å². The van der Waals surface area contributed by atoms with Gasteiger partial charge in [0.1, 0.15) is 0 Å². The molecule has 3 aromatic rings. The lowest BCUT2D eigenvalue weighted by Gasteiger charge is -2.05. The molecule has 0 fully saturated rings. The second-order valence-corrected chi connectivity index (χ2v) is 10.7. The summed E-state index contributed by atoms with van der Waals surface area (Å²) in [6, 6.07) is 8.37. The number of nitrogens with zero attached hydrogens (tertiary/aromatic N) is 2. The zero-order chi connectivity index (χ0) is 29.4. The normalized spacial score (nSPS) is 13.1. The smallest absolute Gasteiger partial charge is 0.217 e. The summed E-state index contributed by atoms with van der Waals surface area (Å²) in [4.78, 5) is 29.2. The molecule has 0 saturated carbocycles. The number of H-pyrrole nitrogens is 2. The van der Waals surface area contributed by atoms with Gasteiger partial charge in [-0.2, -0.15) is 0 Å². The highest BCUT2D eigenvalue weighted by molar-refractivity contribution is 5.97. The summed E-state index contributed by atoms with van der Waals surface area (Å²) in [5, 5.41) is 0. The molecular formula is C35H37N5O. The number of allylic oxidation sites excluding steroid dienone is 5. The zero-order valence-corrected chi connectivity index (χ0v) is 24.4. The molecule has 6 nitrogen and oxygen atoms in total. The van der Waals surface area contributed by atoms with Gasteiger partial charge in [-0.25, -0.2) is 9.97 Å². The zero-order valence-electron chi connectivity index (χ0n) is 24.4. The van der Waals surface area contributed by atoms with Crippen LogP contribution >= 0.6 is 0 Å². The number of rotatable bonds is 8. The van der Waals surface area contributed by atoms with E-state index >= 15 is 0 Å². The van der Waals surface area contributed by atoms with E-state index in [0.717, 1.165) is 96.7 Å². The highest BCUT2D eigenvalue weighted by Crippen LogP contribution is 2.38. The number of amides is 1. The SMILES string of the molecule is C=CCCC1=C(C)c2cc3[nH]c(cc4[nH]c(cc5nc(cc1n2)C(CCC(N)=O)=C5C)c(C=C)c4C)c(C=C)c3C. The second-order valence-electron chi connectivity index (χ2n) is 10.7. The molecule has 2 aliphatic rings. The topological polar surface area (TPSA) is 100 Å². The maximum absolute atomic E-state index is 11.8. The van der Waals surface area contributed by atoms with Crippen molar-refractivity contribution in [2.75, 3.05) is 0 Å².